The molecule has 136 valence electrons. The Bertz CT molecular complexity index is 632. The molecule has 1 saturated heterocycles. The summed E-state index contributed by atoms with van der Waals surface area (Å²) >= 11 is 0. The first-order valence-corrected chi connectivity index (χ1v) is 9.10. The first kappa shape index (κ1) is 17.8. The third-order valence-electron chi connectivity index (χ3n) is 5.21. The maximum absolute atomic E-state index is 12.5. The summed E-state index contributed by atoms with van der Waals surface area (Å²) in [6, 6.07) is 10.0. The van der Waals surface area contributed by atoms with Gasteiger partial charge in [-0.3, -0.25) is 4.79 Å². The fourth-order valence-corrected chi connectivity index (χ4v) is 3.80. The first-order valence-electron chi connectivity index (χ1n) is 9.10. The molecule has 0 bridgehead atoms. The van der Waals surface area contributed by atoms with Gasteiger partial charge in [-0.1, -0.05) is 30.3 Å². The zero-order valence-electron chi connectivity index (χ0n) is 15.4. The van der Waals surface area contributed by atoms with Crippen LogP contribution in [-0.4, -0.2) is 34.6 Å². The minimum absolute atomic E-state index is 0.157. The average Bonchev–Trinajstić information content (AvgIpc) is 2.83. The molecule has 1 aromatic rings. The minimum Gasteiger partial charge on any atom is -0.444 e. The van der Waals surface area contributed by atoms with Gasteiger partial charge in [0.05, 0.1) is 0 Å². The number of benzene rings is 1. The number of carbonyl (C=O) groups is 2. The van der Waals surface area contributed by atoms with E-state index in [9.17, 15) is 9.59 Å². The van der Waals surface area contributed by atoms with Gasteiger partial charge < -0.3 is 15.0 Å². The predicted molar refractivity (Wildman–Crippen MR) is 95.9 cm³/mol. The van der Waals surface area contributed by atoms with Crippen molar-refractivity contribution in [2.24, 2.45) is 5.92 Å². The molecule has 5 nitrogen and oxygen atoms in total. The highest BCUT2D eigenvalue weighted by Crippen LogP contribution is 2.43. The number of nitrogens with one attached hydrogen (secondary N) is 1. The molecule has 2 fully saturated rings. The van der Waals surface area contributed by atoms with Crippen LogP contribution in [0.4, 0.5) is 4.79 Å². The Morgan fingerprint density at radius 3 is 2.52 bits per heavy atom. The molecule has 1 atom stereocenters. The van der Waals surface area contributed by atoms with Crippen LogP contribution in [0.2, 0.25) is 0 Å². The van der Waals surface area contributed by atoms with Crippen molar-refractivity contribution >= 4 is 12.0 Å². The molecule has 25 heavy (non-hydrogen) atoms. The zero-order valence-corrected chi connectivity index (χ0v) is 15.4. The summed E-state index contributed by atoms with van der Waals surface area (Å²) in [6.45, 7) is 6.92. The van der Waals surface area contributed by atoms with Gasteiger partial charge in [-0.2, -0.15) is 0 Å². The number of ether oxygens (including phenoxy) is 1. The van der Waals surface area contributed by atoms with Crippen molar-refractivity contribution in [2.45, 2.75) is 64.1 Å². The highest BCUT2D eigenvalue weighted by atomic mass is 16.6. The molecule has 3 rings (SSSR count). The van der Waals surface area contributed by atoms with E-state index in [0.29, 0.717) is 19.5 Å². The van der Waals surface area contributed by atoms with E-state index in [1.165, 1.54) is 0 Å². The smallest absolute Gasteiger partial charge is 0.408 e. The topological polar surface area (TPSA) is 58.6 Å². The molecule has 0 aromatic heterocycles. The Kier molecular flexibility index (Phi) is 4.76. The van der Waals surface area contributed by atoms with Crippen LogP contribution in [-0.2, 0) is 16.1 Å². The molecule has 0 spiro atoms. The molecule has 2 amide bonds. The number of hydrogen-bond acceptors (Lipinski definition) is 3. The van der Waals surface area contributed by atoms with Crippen molar-refractivity contribution in [1.82, 2.24) is 10.2 Å². The number of carbonyl (C=O) groups excluding carboxylic acids is 2. The molecule has 5 heteroatoms. The molecular formula is C20H28N2O3. The third-order valence-corrected chi connectivity index (χ3v) is 5.21. The SMILES string of the molecule is CC(C)(C)OC(=O)NC1(C2CC(=O)N(Cc3ccccc3)C2)CCC1. The second-order valence-corrected chi connectivity index (χ2v) is 8.30. The van der Waals surface area contributed by atoms with Gasteiger partial charge in [0.2, 0.25) is 5.91 Å². The Hall–Kier alpha value is -2.04. The predicted octanol–water partition coefficient (Wildman–Crippen LogP) is 3.48. The summed E-state index contributed by atoms with van der Waals surface area (Å²) in [6.07, 6.45) is 3.05. The van der Waals surface area contributed by atoms with Crippen LogP contribution in [0.1, 0.15) is 52.0 Å². The lowest BCUT2D eigenvalue weighted by Gasteiger charge is -2.46. The lowest BCUT2D eigenvalue weighted by atomic mass is 9.67. The van der Waals surface area contributed by atoms with Gasteiger partial charge in [-0.25, -0.2) is 4.79 Å². The number of nitrogens with zero attached hydrogens (tertiary/aromatic N) is 1. The average molecular weight is 344 g/mol. The van der Waals surface area contributed by atoms with Crippen LogP contribution in [0, 0.1) is 5.92 Å². The number of likely N-dealkylation sites (tertiary alicyclic amines) is 1. The van der Waals surface area contributed by atoms with E-state index in [1.807, 2.05) is 56.0 Å². The summed E-state index contributed by atoms with van der Waals surface area (Å²) < 4.78 is 5.43. The van der Waals surface area contributed by atoms with E-state index in [4.69, 9.17) is 4.74 Å². The van der Waals surface area contributed by atoms with Gasteiger partial charge in [-0.05, 0) is 45.6 Å². The maximum atomic E-state index is 12.5. The number of amides is 2. The molecule has 1 aliphatic carbocycles. The van der Waals surface area contributed by atoms with Crippen LogP contribution >= 0.6 is 0 Å². The molecule has 1 unspecified atom stereocenters. The quantitative estimate of drug-likeness (QED) is 0.910. The van der Waals surface area contributed by atoms with E-state index < -0.39 is 5.60 Å². The second kappa shape index (κ2) is 6.70. The van der Waals surface area contributed by atoms with E-state index in [-0.39, 0.29) is 23.5 Å². The molecule has 0 radical (unpaired) electrons. The fraction of sp³-hybridized carbons (Fsp3) is 0.600. The number of hydrogen-bond donors (Lipinski definition) is 1. The highest BCUT2D eigenvalue weighted by molar-refractivity contribution is 5.79. The Labute approximate surface area is 149 Å². The van der Waals surface area contributed by atoms with Crippen molar-refractivity contribution in [3.8, 4) is 0 Å². The van der Waals surface area contributed by atoms with Crippen LogP contribution in [0.3, 0.4) is 0 Å². The monoisotopic (exact) mass is 344 g/mol. The van der Waals surface area contributed by atoms with Crippen molar-refractivity contribution in [1.29, 1.82) is 0 Å². The van der Waals surface area contributed by atoms with Gasteiger partial charge in [0.1, 0.15) is 5.60 Å². The van der Waals surface area contributed by atoms with E-state index in [0.717, 1.165) is 24.8 Å². The molecule has 1 aromatic carbocycles. The fourth-order valence-electron chi connectivity index (χ4n) is 3.80. The van der Waals surface area contributed by atoms with Crippen LogP contribution in [0.25, 0.3) is 0 Å². The van der Waals surface area contributed by atoms with Crippen molar-refractivity contribution in [2.75, 3.05) is 6.54 Å². The van der Waals surface area contributed by atoms with Gasteiger partial charge in [0, 0.05) is 31.0 Å². The van der Waals surface area contributed by atoms with Gasteiger partial charge in [0.25, 0.3) is 0 Å². The van der Waals surface area contributed by atoms with Crippen molar-refractivity contribution in [3.63, 3.8) is 0 Å². The summed E-state index contributed by atoms with van der Waals surface area (Å²) in [5.74, 6) is 0.330. The lowest BCUT2D eigenvalue weighted by molar-refractivity contribution is -0.128. The van der Waals surface area contributed by atoms with E-state index in [1.54, 1.807) is 0 Å². The van der Waals surface area contributed by atoms with E-state index in [2.05, 4.69) is 5.32 Å². The molecule has 1 heterocycles. The third kappa shape index (κ3) is 4.14. The number of rotatable bonds is 4. The lowest BCUT2D eigenvalue weighted by Crippen LogP contribution is -2.59. The zero-order chi connectivity index (χ0) is 18.1. The maximum Gasteiger partial charge on any atom is 0.408 e. The largest absolute Gasteiger partial charge is 0.444 e. The first-order chi connectivity index (χ1) is 11.8. The normalized spacial score (nSPS) is 22.4. The molecule has 2 aliphatic rings. The Morgan fingerprint density at radius 1 is 1.28 bits per heavy atom. The number of alkyl carbamates (subject to hydrolysis) is 1. The van der Waals surface area contributed by atoms with Crippen LogP contribution in [0.15, 0.2) is 30.3 Å². The standard InChI is InChI=1S/C20H28N2O3/c1-19(2,3)25-18(24)21-20(10-7-11-20)16-12-17(23)22(14-16)13-15-8-5-4-6-9-15/h4-6,8-9,16H,7,10-14H2,1-3H3,(H,21,24). The van der Waals surface area contributed by atoms with Crippen LogP contribution < -0.4 is 5.32 Å². The summed E-state index contributed by atoms with van der Waals surface area (Å²) in [7, 11) is 0. The van der Waals surface area contributed by atoms with Crippen LogP contribution in [0.5, 0.6) is 0 Å². The summed E-state index contributed by atoms with van der Waals surface area (Å²) in [4.78, 5) is 26.6. The van der Waals surface area contributed by atoms with Crippen molar-refractivity contribution in [3.05, 3.63) is 35.9 Å². The molecular weight excluding hydrogens is 316 g/mol. The van der Waals surface area contributed by atoms with E-state index >= 15 is 0 Å². The Morgan fingerprint density at radius 2 is 1.96 bits per heavy atom. The minimum atomic E-state index is -0.514. The molecule has 1 saturated carbocycles. The molecule has 1 N–H and O–H groups in total. The van der Waals surface area contributed by atoms with Crippen molar-refractivity contribution < 1.29 is 14.3 Å². The molecule has 1 aliphatic heterocycles. The van der Waals surface area contributed by atoms with Gasteiger partial charge >= 0.3 is 6.09 Å². The summed E-state index contributed by atoms with van der Waals surface area (Å²) in [5, 5.41) is 3.09. The summed E-state index contributed by atoms with van der Waals surface area (Å²) in [5.41, 5.74) is 0.336. The van der Waals surface area contributed by atoms with Gasteiger partial charge in [-0.15, -0.1) is 0 Å². The highest BCUT2D eigenvalue weighted by Gasteiger charge is 2.50. The second-order valence-electron chi connectivity index (χ2n) is 8.30. The Balaban J connectivity index is 1.64. The van der Waals surface area contributed by atoms with Gasteiger partial charge in [0.15, 0.2) is 0 Å².